The average molecular weight is 422 g/mol. The second-order valence-corrected chi connectivity index (χ2v) is 9.31. The summed E-state index contributed by atoms with van der Waals surface area (Å²) >= 11 is 0. The van der Waals surface area contributed by atoms with E-state index in [2.05, 4.69) is 108 Å². The van der Waals surface area contributed by atoms with Crippen LogP contribution in [0.25, 0.3) is 0 Å². The molecular formula is C27H26BNOP. The maximum atomic E-state index is 5.75. The zero-order valence-electron chi connectivity index (χ0n) is 17.7. The molecule has 4 rings (SSSR count). The minimum Gasteiger partial charge on any atom is -0.496 e. The van der Waals surface area contributed by atoms with E-state index < -0.39 is 7.92 Å². The predicted molar refractivity (Wildman–Crippen MR) is 135 cm³/mol. The van der Waals surface area contributed by atoms with Gasteiger partial charge >= 0.3 is 0 Å². The van der Waals surface area contributed by atoms with E-state index in [-0.39, 0.29) is 14.5 Å². The molecule has 0 aliphatic heterocycles. The summed E-state index contributed by atoms with van der Waals surface area (Å²) in [5.41, 5.74) is 2.43. The first-order valence-electron chi connectivity index (χ1n) is 10.2. The fraction of sp³-hybridized carbons (Fsp3) is 0.111. The van der Waals surface area contributed by atoms with E-state index >= 15 is 0 Å². The van der Waals surface area contributed by atoms with Gasteiger partial charge in [-0.15, -0.1) is 0 Å². The van der Waals surface area contributed by atoms with E-state index in [4.69, 9.17) is 4.74 Å². The van der Waals surface area contributed by atoms with Crippen LogP contribution in [0, 0.1) is 0 Å². The van der Waals surface area contributed by atoms with Gasteiger partial charge in [-0.1, -0.05) is 97.1 Å². The highest BCUT2D eigenvalue weighted by atomic mass is 31.1. The number of hydrogen-bond donors (Lipinski definition) is 1. The lowest BCUT2D eigenvalue weighted by atomic mass is 10.1. The van der Waals surface area contributed by atoms with Gasteiger partial charge in [0.1, 0.15) is 5.75 Å². The topological polar surface area (TPSA) is 21.3 Å². The van der Waals surface area contributed by atoms with Crippen LogP contribution in [-0.2, 0) is 0 Å². The van der Waals surface area contributed by atoms with Gasteiger partial charge in [0.2, 0.25) is 0 Å². The number of hydrogen-bond acceptors (Lipinski definition) is 2. The van der Waals surface area contributed by atoms with Crippen LogP contribution in [0.4, 0.5) is 5.69 Å². The Hall–Kier alpha value is -3.03. The summed E-state index contributed by atoms with van der Waals surface area (Å²) in [6.45, 7) is 0. The zero-order valence-corrected chi connectivity index (χ0v) is 18.6. The smallest absolute Gasteiger partial charge is 0.126 e. The van der Waals surface area contributed by atoms with Crippen LogP contribution >= 0.6 is 7.92 Å². The first-order chi connectivity index (χ1) is 14.8. The Labute approximate surface area is 188 Å². The molecule has 4 aromatic carbocycles. The number of ether oxygens (including phenoxy) is 1. The van der Waals surface area contributed by atoms with Gasteiger partial charge in [-0.3, -0.25) is 0 Å². The Morgan fingerprint density at radius 2 is 1.26 bits per heavy atom. The Morgan fingerprint density at radius 1 is 0.710 bits per heavy atom. The monoisotopic (exact) mass is 422 g/mol. The van der Waals surface area contributed by atoms with E-state index in [1.54, 1.807) is 7.11 Å². The van der Waals surface area contributed by atoms with Crippen molar-refractivity contribution < 1.29 is 4.74 Å². The van der Waals surface area contributed by atoms with Crippen LogP contribution in [0.5, 0.6) is 5.75 Å². The highest BCUT2D eigenvalue weighted by Crippen LogP contribution is 2.41. The second-order valence-electron chi connectivity index (χ2n) is 7.09. The van der Waals surface area contributed by atoms with Crippen molar-refractivity contribution in [1.82, 2.24) is 0 Å². The lowest BCUT2D eigenvalue weighted by Crippen LogP contribution is -2.22. The van der Waals surface area contributed by atoms with Gasteiger partial charge in [0.15, 0.2) is 0 Å². The number of nitrogens with one attached hydrogen (secondary N) is 1. The third kappa shape index (κ3) is 5.78. The fourth-order valence-electron chi connectivity index (χ4n) is 3.64. The summed E-state index contributed by atoms with van der Waals surface area (Å²) in [5, 5.41) is 6.41. The van der Waals surface area contributed by atoms with E-state index in [0.717, 1.165) is 17.6 Å². The molecule has 0 aliphatic carbocycles. The Morgan fingerprint density at radius 3 is 1.90 bits per heavy atom. The number of methoxy groups -OCH3 is 1. The van der Waals surface area contributed by atoms with E-state index in [1.807, 2.05) is 12.1 Å². The van der Waals surface area contributed by atoms with Crippen LogP contribution in [0.2, 0.25) is 0 Å². The molecule has 0 heterocycles. The summed E-state index contributed by atoms with van der Waals surface area (Å²) in [6.07, 6.45) is 0.971. The summed E-state index contributed by atoms with van der Waals surface area (Å²) in [6, 6.07) is 40.6. The molecule has 31 heavy (non-hydrogen) atoms. The van der Waals surface area contributed by atoms with Crippen molar-refractivity contribution in [3.05, 3.63) is 121 Å². The molecule has 2 nitrogen and oxygen atoms in total. The number of rotatable bonds is 8. The van der Waals surface area contributed by atoms with E-state index in [1.165, 1.54) is 16.2 Å². The minimum atomic E-state index is -0.624. The van der Waals surface area contributed by atoms with Crippen molar-refractivity contribution in [1.29, 1.82) is 0 Å². The van der Waals surface area contributed by atoms with Crippen molar-refractivity contribution in [3.63, 3.8) is 0 Å². The molecular weight excluding hydrogens is 396 g/mol. The van der Waals surface area contributed by atoms with Gasteiger partial charge in [-0.25, -0.2) is 0 Å². The lowest BCUT2D eigenvalue weighted by molar-refractivity contribution is 0.418. The zero-order chi connectivity index (χ0) is 20.6. The fourth-order valence-corrected chi connectivity index (χ4v) is 6.22. The van der Waals surface area contributed by atoms with Crippen LogP contribution in [-0.4, -0.2) is 21.7 Å². The highest BCUT2D eigenvalue weighted by molar-refractivity contribution is 7.73. The standard InChI is InChI=1S/C27H26NOP.B/c1-29-26-19-11-12-20-27(26)30(24-17-9-4-10-18-24)21-25(22-13-5-2-6-14-22)28-23-15-7-3-8-16-23;/h2-20,25,28H,21H2,1H3;/t25-,30-;/m0./s1. The first kappa shape index (κ1) is 22.7. The van der Waals surface area contributed by atoms with Crippen molar-refractivity contribution in [3.8, 4) is 5.75 Å². The van der Waals surface area contributed by atoms with Gasteiger partial charge in [0.05, 0.1) is 13.2 Å². The maximum Gasteiger partial charge on any atom is 0.126 e. The van der Waals surface area contributed by atoms with Crippen molar-refractivity contribution in [2.75, 3.05) is 18.6 Å². The summed E-state index contributed by atoms with van der Waals surface area (Å²) < 4.78 is 5.75. The second kappa shape index (κ2) is 11.4. The third-order valence-corrected chi connectivity index (χ3v) is 7.73. The normalized spacial score (nSPS) is 12.3. The van der Waals surface area contributed by atoms with Crippen molar-refractivity contribution in [2.45, 2.75) is 6.04 Å². The summed E-state index contributed by atoms with van der Waals surface area (Å²) in [5.74, 6) is 0.957. The average Bonchev–Trinajstić information content (AvgIpc) is 2.83. The molecule has 4 heteroatoms. The lowest BCUT2D eigenvalue weighted by Gasteiger charge is -2.28. The molecule has 0 saturated carbocycles. The molecule has 2 atom stereocenters. The molecule has 0 spiro atoms. The molecule has 1 N–H and O–H groups in total. The number of benzene rings is 4. The van der Waals surface area contributed by atoms with Gasteiger partial charge in [0, 0.05) is 25.6 Å². The molecule has 4 aromatic rings. The molecule has 0 saturated heterocycles. The Kier molecular flexibility index (Phi) is 8.32. The molecule has 0 aromatic heterocycles. The van der Waals surface area contributed by atoms with Gasteiger partial charge in [0.25, 0.3) is 0 Å². The Balaban J connectivity index is 0.00000272. The van der Waals surface area contributed by atoms with Crippen LogP contribution in [0.3, 0.4) is 0 Å². The molecule has 0 bridgehead atoms. The van der Waals surface area contributed by atoms with Crippen LogP contribution in [0.1, 0.15) is 11.6 Å². The van der Waals surface area contributed by atoms with Crippen molar-refractivity contribution in [2.24, 2.45) is 0 Å². The maximum absolute atomic E-state index is 5.75. The van der Waals surface area contributed by atoms with Gasteiger partial charge < -0.3 is 10.1 Å². The van der Waals surface area contributed by atoms with Crippen molar-refractivity contribution >= 4 is 32.6 Å². The van der Waals surface area contributed by atoms with E-state index in [0.29, 0.717) is 0 Å². The molecule has 0 aliphatic rings. The number of anilines is 1. The quantitative estimate of drug-likeness (QED) is 0.295. The third-order valence-electron chi connectivity index (χ3n) is 5.13. The number of para-hydroxylation sites is 2. The molecule has 0 amide bonds. The molecule has 153 valence electrons. The predicted octanol–water partition coefficient (Wildman–Crippen LogP) is 5.60. The SMILES string of the molecule is COc1ccccc1[P@@](C[C@H](Nc1ccccc1)c1ccccc1)c1ccccc1.[B]. The molecule has 0 fully saturated rings. The van der Waals surface area contributed by atoms with Gasteiger partial charge in [-0.05, 0) is 37.0 Å². The van der Waals surface area contributed by atoms with Gasteiger partial charge in [-0.2, -0.15) is 0 Å². The largest absolute Gasteiger partial charge is 0.496 e. The first-order valence-corrected chi connectivity index (χ1v) is 11.7. The Bertz CT molecular complexity index is 1040. The summed E-state index contributed by atoms with van der Waals surface area (Å²) in [4.78, 5) is 0. The van der Waals surface area contributed by atoms with Crippen LogP contribution in [0.15, 0.2) is 115 Å². The summed E-state index contributed by atoms with van der Waals surface area (Å²) in [7, 11) is 1.13. The molecule has 3 radical (unpaired) electrons. The van der Waals surface area contributed by atoms with Crippen LogP contribution < -0.4 is 20.7 Å². The molecule has 0 unspecified atom stereocenters. The highest BCUT2D eigenvalue weighted by Gasteiger charge is 2.23. The minimum absolute atomic E-state index is 0. The van der Waals surface area contributed by atoms with E-state index in [9.17, 15) is 0 Å².